The van der Waals surface area contributed by atoms with Gasteiger partial charge in [0.05, 0.1) is 44.1 Å². The first-order valence-corrected chi connectivity index (χ1v) is 28.0. The van der Waals surface area contributed by atoms with Crippen LogP contribution in [0, 0.1) is 6.92 Å². The highest BCUT2D eigenvalue weighted by Crippen LogP contribution is 2.41. The highest BCUT2D eigenvalue weighted by atomic mass is 79.9. The predicted molar refractivity (Wildman–Crippen MR) is 268 cm³/mol. The van der Waals surface area contributed by atoms with E-state index in [9.17, 15) is 9.59 Å². The number of rotatable bonds is 13. The Kier molecular flexibility index (Phi) is 13.7. The van der Waals surface area contributed by atoms with Crippen LogP contribution in [-0.2, 0) is 9.16 Å². The van der Waals surface area contributed by atoms with E-state index in [0.717, 1.165) is 103 Å². The quantitative estimate of drug-likeness (QED) is 0.115. The van der Waals surface area contributed by atoms with Gasteiger partial charge in [-0.25, -0.2) is 9.78 Å². The fourth-order valence-corrected chi connectivity index (χ4v) is 12.4. The van der Waals surface area contributed by atoms with Crippen molar-refractivity contribution in [2.45, 2.75) is 154 Å². The number of halogens is 1. The number of hydrogen-bond acceptors (Lipinski definition) is 8. The lowest BCUT2D eigenvalue weighted by molar-refractivity contribution is 0.0493. The number of benzene rings is 3. The van der Waals surface area contributed by atoms with Crippen LogP contribution in [0.3, 0.4) is 0 Å². The number of imidazole rings is 1. The molecule has 2 fully saturated rings. The Hall–Kier alpha value is -3.88. The lowest BCUT2D eigenvalue weighted by atomic mass is 9.89. The van der Waals surface area contributed by atoms with Gasteiger partial charge in [-0.15, -0.1) is 11.3 Å². The molecule has 2 aliphatic rings. The number of aromatic nitrogens is 4. The van der Waals surface area contributed by atoms with Crippen molar-refractivity contribution in [3.63, 3.8) is 0 Å². The van der Waals surface area contributed by atoms with Crippen molar-refractivity contribution in [2.75, 3.05) is 19.6 Å². The number of ether oxygens (including phenoxy) is 1. The van der Waals surface area contributed by atoms with Crippen molar-refractivity contribution < 1.29 is 14.0 Å². The van der Waals surface area contributed by atoms with Crippen LogP contribution < -0.4 is 10.9 Å². The summed E-state index contributed by atoms with van der Waals surface area (Å²) in [6, 6.07) is 21.6. The molecule has 0 bridgehead atoms. The molecule has 13 heteroatoms. The van der Waals surface area contributed by atoms with Gasteiger partial charge in [-0.2, -0.15) is 4.98 Å². The Balaban J connectivity index is 0.984. The molecule has 4 heterocycles. The Morgan fingerprint density at radius 2 is 1.64 bits per heavy atom. The van der Waals surface area contributed by atoms with Crippen molar-refractivity contribution in [1.82, 2.24) is 29.2 Å². The molecule has 64 heavy (non-hydrogen) atoms. The molecule has 342 valence electrons. The Labute approximate surface area is 392 Å². The first-order chi connectivity index (χ1) is 30.4. The molecule has 3 aromatic heterocycles. The zero-order valence-electron chi connectivity index (χ0n) is 39.3. The maximum Gasteiger partial charge on any atom is 0.408 e. The summed E-state index contributed by atoms with van der Waals surface area (Å²) >= 11 is 5.28. The van der Waals surface area contributed by atoms with E-state index in [-0.39, 0.29) is 22.7 Å². The minimum absolute atomic E-state index is 0.0537. The average molecular weight is 968 g/mol. The second kappa shape index (κ2) is 18.8. The number of piperidine rings is 1. The van der Waals surface area contributed by atoms with Gasteiger partial charge in [-0.1, -0.05) is 70.0 Å². The molecular formula is C51H67BrN6O4SSi. The van der Waals surface area contributed by atoms with Gasteiger partial charge in [0.25, 0.3) is 5.56 Å². The van der Waals surface area contributed by atoms with Crippen LogP contribution in [0.5, 0.6) is 0 Å². The molecule has 1 aliphatic carbocycles. The van der Waals surface area contributed by atoms with Gasteiger partial charge in [-0.05, 0) is 167 Å². The SMILES string of the molecule is Cc1ncsc1-c1ccc([C@H](CCC(CCN2CCC(c3ccc4c(c3)n(C3CCCC3)c3nc(=O)c5c(Br)cccc5n43)CC2)O[Si](C)(C)C(C)(C)C)NC(=O)OC(C)(C)C)cc1. The van der Waals surface area contributed by atoms with E-state index >= 15 is 0 Å². The predicted octanol–water partition coefficient (Wildman–Crippen LogP) is 13.1. The largest absolute Gasteiger partial charge is 0.444 e. The summed E-state index contributed by atoms with van der Waals surface area (Å²) in [6.07, 6.45) is 8.93. The van der Waals surface area contributed by atoms with Gasteiger partial charge in [0, 0.05) is 23.2 Å². The molecule has 10 nitrogen and oxygen atoms in total. The Bertz CT molecular complexity index is 2660. The smallest absolute Gasteiger partial charge is 0.408 e. The van der Waals surface area contributed by atoms with Crippen LogP contribution in [0.1, 0.15) is 134 Å². The van der Waals surface area contributed by atoms with Gasteiger partial charge in [0.15, 0.2) is 8.32 Å². The lowest BCUT2D eigenvalue weighted by Gasteiger charge is -2.40. The number of likely N-dealkylation sites (tertiary alicyclic amines) is 1. The third kappa shape index (κ3) is 10.1. The van der Waals surface area contributed by atoms with Gasteiger partial charge in [0.1, 0.15) is 5.60 Å². The minimum atomic E-state index is -2.10. The van der Waals surface area contributed by atoms with Gasteiger partial charge < -0.3 is 23.9 Å². The van der Waals surface area contributed by atoms with E-state index in [2.05, 4.69) is 116 Å². The van der Waals surface area contributed by atoms with Crippen LogP contribution in [-0.4, -0.2) is 69.6 Å². The molecular weight excluding hydrogens is 901 g/mol. The first-order valence-electron chi connectivity index (χ1n) is 23.4. The van der Waals surface area contributed by atoms with Crippen molar-refractivity contribution in [2.24, 2.45) is 0 Å². The van der Waals surface area contributed by atoms with E-state index < -0.39 is 20.0 Å². The summed E-state index contributed by atoms with van der Waals surface area (Å²) in [5.41, 5.74) is 8.88. The normalized spacial score (nSPS) is 17.2. The van der Waals surface area contributed by atoms with Crippen molar-refractivity contribution in [3.8, 4) is 10.4 Å². The molecule has 3 aromatic carbocycles. The van der Waals surface area contributed by atoms with Crippen molar-refractivity contribution in [1.29, 1.82) is 0 Å². The number of carbonyl (C=O) groups is 1. The summed E-state index contributed by atoms with van der Waals surface area (Å²) in [5, 5.41) is 3.93. The van der Waals surface area contributed by atoms with Crippen molar-refractivity contribution >= 4 is 69.4 Å². The topological polar surface area (TPSA) is 103 Å². The molecule has 0 spiro atoms. The zero-order chi connectivity index (χ0) is 45.6. The van der Waals surface area contributed by atoms with E-state index in [0.29, 0.717) is 17.3 Å². The molecule has 8 rings (SSSR count). The molecule has 1 saturated carbocycles. The summed E-state index contributed by atoms with van der Waals surface area (Å²) in [6.45, 7) is 22.4. The van der Waals surface area contributed by atoms with E-state index in [1.807, 2.05) is 51.4 Å². The minimum Gasteiger partial charge on any atom is -0.444 e. The number of fused-ring (bicyclic) bond motifs is 5. The molecule has 6 aromatic rings. The lowest BCUT2D eigenvalue weighted by Crippen LogP contribution is -2.45. The number of amides is 1. The molecule has 2 atom stereocenters. The number of nitrogens with one attached hydrogen (secondary N) is 1. The van der Waals surface area contributed by atoms with Gasteiger partial charge in [-0.3, -0.25) is 9.20 Å². The highest BCUT2D eigenvalue weighted by Gasteiger charge is 2.39. The van der Waals surface area contributed by atoms with E-state index in [1.165, 1.54) is 28.8 Å². The number of alkyl carbamates (subject to hydrolysis) is 1. The summed E-state index contributed by atoms with van der Waals surface area (Å²) in [5.74, 6) is 1.21. The number of hydrogen-bond donors (Lipinski definition) is 1. The number of nitrogens with zero attached hydrogens (tertiary/aromatic N) is 5. The van der Waals surface area contributed by atoms with Gasteiger partial charge >= 0.3 is 6.09 Å². The maximum absolute atomic E-state index is 13.5. The van der Waals surface area contributed by atoms with Crippen LogP contribution in [0.4, 0.5) is 4.79 Å². The standard InChI is InChI=1S/C51H67BrN6O4SSi/c1-33-46(63-32-53-33)36-19-17-35(18-20-36)41(54-49(60)61-50(2,3)4)23-22-39(62-64(8,9)51(5,6)7)27-30-56-28-25-34(26-29-56)37-21-24-42-44(31-37)57(38-13-10-11-14-38)48-55-47(59)45-40(52)15-12-16-43(45)58(42)48/h12,15-21,24,31-32,34,38-39,41H,10-11,13-14,22-23,25-30H2,1-9H3,(H,54,60)/t39?,41-/m0/s1. The molecule has 1 aliphatic heterocycles. The number of carbonyl (C=O) groups excluding carboxylic acids is 1. The highest BCUT2D eigenvalue weighted by molar-refractivity contribution is 9.10. The van der Waals surface area contributed by atoms with Crippen molar-refractivity contribution in [3.05, 3.63) is 97.8 Å². The molecule has 1 unspecified atom stereocenters. The second-order valence-corrected chi connectivity index (χ2v) is 27.3. The van der Waals surface area contributed by atoms with Crippen LogP contribution >= 0.6 is 27.3 Å². The van der Waals surface area contributed by atoms with Crippen LogP contribution in [0.25, 0.3) is 38.2 Å². The van der Waals surface area contributed by atoms with E-state index in [1.54, 1.807) is 11.3 Å². The third-order valence-electron chi connectivity index (χ3n) is 14.1. The Morgan fingerprint density at radius 1 is 0.922 bits per heavy atom. The second-order valence-electron chi connectivity index (χ2n) is 20.8. The molecule has 0 radical (unpaired) electrons. The Morgan fingerprint density at radius 3 is 2.30 bits per heavy atom. The molecule has 1 amide bonds. The van der Waals surface area contributed by atoms with Crippen LogP contribution in [0.15, 0.2) is 75.4 Å². The monoisotopic (exact) mass is 966 g/mol. The average Bonchev–Trinajstić information content (AvgIpc) is 3.99. The molecule has 1 saturated heterocycles. The first kappa shape index (κ1) is 46.6. The van der Waals surface area contributed by atoms with Crippen LogP contribution in [0.2, 0.25) is 18.1 Å². The summed E-state index contributed by atoms with van der Waals surface area (Å²) in [7, 11) is -2.10. The zero-order valence-corrected chi connectivity index (χ0v) is 42.7. The summed E-state index contributed by atoms with van der Waals surface area (Å²) < 4.78 is 18.4. The summed E-state index contributed by atoms with van der Waals surface area (Å²) in [4.78, 5) is 39.7. The molecule has 1 N–H and O–H groups in total. The maximum atomic E-state index is 13.5. The number of thiazole rings is 1. The van der Waals surface area contributed by atoms with E-state index in [4.69, 9.17) is 14.1 Å². The number of aryl methyl sites for hydroxylation is 1. The fraction of sp³-hybridized carbons (Fsp3) is 0.529. The van der Waals surface area contributed by atoms with Gasteiger partial charge in [0.2, 0.25) is 5.78 Å². The fourth-order valence-electron chi connectivity index (χ4n) is 9.66. The third-order valence-corrected chi connectivity index (χ3v) is 20.3.